The molecule has 2 aromatic rings. The van der Waals surface area contributed by atoms with Crippen LogP contribution < -0.4 is 5.32 Å². The number of ether oxygens (including phenoxy) is 2. The standard InChI is InChI=1S/C24H29NO3/c1-24(2,3)17-10-11-20-19(14-17)22-18(9-6-12-28-22)21(25-20)15-7-5-8-16(13-15)23(26)27-4/h5,7-8,10-11,13-14,18,21-22,25H,6,9,12H2,1-4H3. The fourth-order valence-corrected chi connectivity index (χ4v) is 4.44. The summed E-state index contributed by atoms with van der Waals surface area (Å²) in [7, 11) is 1.42. The second kappa shape index (κ2) is 7.25. The number of esters is 1. The number of nitrogens with one attached hydrogen (secondary N) is 1. The van der Waals surface area contributed by atoms with Crippen molar-refractivity contribution < 1.29 is 14.3 Å². The predicted molar refractivity (Wildman–Crippen MR) is 111 cm³/mol. The zero-order chi connectivity index (χ0) is 19.9. The van der Waals surface area contributed by atoms with E-state index in [1.165, 1.54) is 18.2 Å². The summed E-state index contributed by atoms with van der Waals surface area (Å²) in [5.41, 5.74) is 5.51. The van der Waals surface area contributed by atoms with Gasteiger partial charge in [0.05, 0.1) is 24.8 Å². The summed E-state index contributed by atoms with van der Waals surface area (Å²) >= 11 is 0. The maximum absolute atomic E-state index is 12.0. The molecule has 1 fully saturated rings. The van der Waals surface area contributed by atoms with Crippen LogP contribution in [0.4, 0.5) is 5.69 Å². The molecule has 0 radical (unpaired) electrons. The second-order valence-corrected chi connectivity index (χ2v) is 8.89. The molecule has 2 aliphatic rings. The van der Waals surface area contributed by atoms with E-state index in [2.05, 4.69) is 50.4 Å². The molecule has 1 saturated heterocycles. The number of anilines is 1. The van der Waals surface area contributed by atoms with Crippen molar-refractivity contribution in [1.29, 1.82) is 0 Å². The van der Waals surface area contributed by atoms with Crippen LogP contribution in [0.5, 0.6) is 0 Å². The third-order valence-corrected chi connectivity index (χ3v) is 6.00. The number of carbonyl (C=O) groups excluding carboxylic acids is 1. The van der Waals surface area contributed by atoms with Crippen LogP contribution in [0.25, 0.3) is 0 Å². The van der Waals surface area contributed by atoms with Crippen molar-refractivity contribution in [2.75, 3.05) is 19.0 Å². The number of hydrogen-bond donors (Lipinski definition) is 1. The Morgan fingerprint density at radius 3 is 2.75 bits per heavy atom. The smallest absolute Gasteiger partial charge is 0.337 e. The van der Waals surface area contributed by atoms with Crippen molar-refractivity contribution in [2.45, 2.75) is 51.2 Å². The first kappa shape index (κ1) is 19.0. The molecule has 4 rings (SSSR count). The minimum atomic E-state index is -0.302. The van der Waals surface area contributed by atoms with Gasteiger partial charge in [-0.05, 0) is 47.6 Å². The minimum Gasteiger partial charge on any atom is -0.465 e. The molecule has 4 heteroatoms. The Bertz CT molecular complexity index is 884. The summed E-state index contributed by atoms with van der Waals surface area (Å²) in [6, 6.07) is 14.6. The Morgan fingerprint density at radius 1 is 1.18 bits per heavy atom. The van der Waals surface area contributed by atoms with E-state index in [1.807, 2.05) is 12.1 Å². The van der Waals surface area contributed by atoms with Crippen molar-refractivity contribution in [3.63, 3.8) is 0 Å². The van der Waals surface area contributed by atoms with Gasteiger partial charge < -0.3 is 14.8 Å². The molecule has 0 amide bonds. The van der Waals surface area contributed by atoms with Crippen LogP contribution in [0.1, 0.15) is 72.8 Å². The Kier molecular flexibility index (Phi) is 4.92. The lowest BCUT2D eigenvalue weighted by molar-refractivity contribution is -0.0382. The normalized spacial score (nSPS) is 23.9. The van der Waals surface area contributed by atoms with Crippen LogP contribution >= 0.6 is 0 Å². The summed E-state index contributed by atoms with van der Waals surface area (Å²) in [5, 5.41) is 3.74. The van der Waals surface area contributed by atoms with E-state index < -0.39 is 0 Å². The van der Waals surface area contributed by atoms with E-state index in [4.69, 9.17) is 9.47 Å². The molecule has 2 aromatic carbocycles. The average molecular weight is 380 g/mol. The predicted octanol–water partition coefficient (Wildman–Crippen LogP) is 5.41. The number of methoxy groups -OCH3 is 1. The van der Waals surface area contributed by atoms with E-state index >= 15 is 0 Å². The van der Waals surface area contributed by atoms with Crippen molar-refractivity contribution in [3.05, 3.63) is 64.7 Å². The molecule has 3 unspecified atom stereocenters. The van der Waals surface area contributed by atoms with E-state index in [1.54, 1.807) is 6.07 Å². The lowest BCUT2D eigenvalue weighted by Gasteiger charge is -2.44. The van der Waals surface area contributed by atoms with Gasteiger partial charge in [-0.3, -0.25) is 0 Å². The first-order valence-electron chi connectivity index (χ1n) is 10.1. The van der Waals surface area contributed by atoms with Crippen molar-refractivity contribution in [3.8, 4) is 0 Å². The minimum absolute atomic E-state index is 0.0825. The molecule has 2 aliphatic heterocycles. The van der Waals surface area contributed by atoms with Gasteiger partial charge in [-0.1, -0.05) is 45.0 Å². The molecule has 1 N–H and O–H groups in total. The third-order valence-electron chi connectivity index (χ3n) is 6.00. The van der Waals surface area contributed by atoms with Gasteiger partial charge in [-0.15, -0.1) is 0 Å². The van der Waals surface area contributed by atoms with E-state index in [0.29, 0.717) is 11.5 Å². The maximum atomic E-state index is 12.0. The molecule has 0 spiro atoms. The maximum Gasteiger partial charge on any atom is 0.337 e. The Hall–Kier alpha value is -2.33. The number of carbonyl (C=O) groups is 1. The SMILES string of the molecule is COC(=O)c1cccc(C2Nc3ccc(C(C)(C)C)cc3C3OCCCC23)c1. The lowest BCUT2D eigenvalue weighted by Crippen LogP contribution is -2.36. The summed E-state index contributed by atoms with van der Waals surface area (Å²) in [6.45, 7) is 7.52. The van der Waals surface area contributed by atoms with Gasteiger partial charge in [0.15, 0.2) is 0 Å². The first-order chi connectivity index (χ1) is 13.4. The Labute approximate surface area is 167 Å². The van der Waals surface area contributed by atoms with E-state index in [0.717, 1.165) is 30.7 Å². The van der Waals surface area contributed by atoms with Crippen LogP contribution in [0, 0.1) is 5.92 Å². The number of hydrogen-bond acceptors (Lipinski definition) is 4. The highest BCUT2D eigenvalue weighted by atomic mass is 16.5. The molecule has 0 aromatic heterocycles. The van der Waals surface area contributed by atoms with Crippen LogP contribution in [-0.4, -0.2) is 19.7 Å². The number of fused-ring (bicyclic) bond motifs is 3. The number of rotatable bonds is 2. The molecule has 148 valence electrons. The van der Waals surface area contributed by atoms with Gasteiger partial charge in [0.1, 0.15) is 0 Å². The molecule has 0 saturated carbocycles. The van der Waals surface area contributed by atoms with Gasteiger partial charge in [-0.25, -0.2) is 4.79 Å². The molecular weight excluding hydrogens is 350 g/mol. The van der Waals surface area contributed by atoms with E-state index in [-0.39, 0.29) is 23.5 Å². The molecule has 0 bridgehead atoms. The number of benzene rings is 2. The molecule has 3 atom stereocenters. The summed E-state index contributed by atoms with van der Waals surface area (Å²) in [5.74, 6) is 0.0358. The summed E-state index contributed by atoms with van der Waals surface area (Å²) in [6.07, 6.45) is 2.24. The lowest BCUT2D eigenvalue weighted by atomic mass is 9.75. The van der Waals surface area contributed by atoms with Crippen LogP contribution in [-0.2, 0) is 14.9 Å². The zero-order valence-corrected chi connectivity index (χ0v) is 17.1. The first-order valence-corrected chi connectivity index (χ1v) is 10.1. The second-order valence-electron chi connectivity index (χ2n) is 8.89. The van der Waals surface area contributed by atoms with Crippen molar-refractivity contribution in [1.82, 2.24) is 0 Å². The molecule has 4 nitrogen and oxygen atoms in total. The Morgan fingerprint density at radius 2 is 2.00 bits per heavy atom. The van der Waals surface area contributed by atoms with Gasteiger partial charge in [-0.2, -0.15) is 0 Å². The zero-order valence-electron chi connectivity index (χ0n) is 17.1. The van der Waals surface area contributed by atoms with Crippen LogP contribution in [0.2, 0.25) is 0 Å². The van der Waals surface area contributed by atoms with E-state index in [9.17, 15) is 4.79 Å². The molecule has 2 heterocycles. The fraction of sp³-hybridized carbons (Fsp3) is 0.458. The summed E-state index contributed by atoms with van der Waals surface area (Å²) < 4.78 is 11.2. The highest BCUT2D eigenvalue weighted by Crippen LogP contribution is 2.49. The molecule has 28 heavy (non-hydrogen) atoms. The van der Waals surface area contributed by atoms with Crippen molar-refractivity contribution in [2.24, 2.45) is 5.92 Å². The quantitative estimate of drug-likeness (QED) is 0.709. The highest BCUT2D eigenvalue weighted by molar-refractivity contribution is 5.89. The largest absolute Gasteiger partial charge is 0.465 e. The van der Waals surface area contributed by atoms with Crippen molar-refractivity contribution >= 4 is 11.7 Å². The van der Waals surface area contributed by atoms with Gasteiger partial charge in [0.25, 0.3) is 0 Å². The van der Waals surface area contributed by atoms with Gasteiger partial charge >= 0.3 is 5.97 Å². The topological polar surface area (TPSA) is 47.6 Å². The molecular formula is C24H29NO3. The molecule has 0 aliphatic carbocycles. The third kappa shape index (κ3) is 3.42. The van der Waals surface area contributed by atoms with Crippen LogP contribution in [0.15, 0.2) is 42.5 Å². The summed E-state index contributed by atoms with van der Waals surface area (Å²) in [4.78, 5) is 12.0. The van der Waals surface area contributed by atoms with Gasteiger partial charge in [0.2, 0.25) is 0 Å². The van der Waals surface area contributed by atoms with Crippen LogP contribution in [0.3, 0.4) is 0 Å². The monoisotopic (exact) mass is 379 g/mol. The highest BCUT2D eigenvalue weighted by Gasteiger charge is 2.40. The van der Waals surface area contributed by atoms with Gasteiger partial charge in [0, 0.05) is 23.8 Å². The fourth-order valence-electron chi connectivity index (χ4n) is 4.44. The average Bonchev–Trinajstić information content (AvgIpc) is 2.71. The Balaban J connectivity index is 1.75.